The van der Waals surface area contributed by atoms with Crippen LogP contribution in [0, 0.1) is 6.92 Å². The van der Waals surface area contributed by atoms with Gasteiger partial charge in [0, 0.05) is 12.2 Å². The van der Waals surface area contributed by atoms with Crippen LogP contribution >= 0.6 is 15.9 Å². The summed E-state index contributed by atoms with van der Waals surface area (Å²) in [4.78, 5) is 8.42. The number of halogens is 1. The average molecular weight is 258 g/mol. The van der Waals surface area contributed by atoms with Crippen molar-refractivity contribution in [2.24, 2.45) is 0 Å². The van der Waals surface area contributed by atoms with Gasteiger partial charge in [0.15, 0.2) is 0 Å². The lowest BCUT2D eigenvalue weighted by molar-refractivity contribution is 0.686. The van der Waals surface area contributed by atoms with Gasteiger partial charge in [-0.1, -0.05) is 13.3 Å². The molecule has 0 fully saturated rings. The zero-order valence-corrected chi connectivity index (χ0v) is 10.4. The van der Waals surface area contributed by atoms with Crippen molar-refractivity contribution in [3.63, 3.8) is 0 Å². The largest absolute Gasteiger partial charge is 0.367 e. The lowest BCUT2D eigenvalue weighted by Gasteiger charge is -2.14. The Morgan fingerprint density at radius 3 is 2.93 bits per heavy atom. The molecule has 0 bridgehead atoms. The van der Waals surface area contributed by atoms with Crippen molar-refractivity contribution >= 4 is 21.7 Å². The van der Waals surface area contributed by atoms with E-state index in [1.54, 1.807) is 6.20 Å². The molecule has 78 valence electrons. The number of hydrogen-bond acceptors (Lipinski definition) is 3. The van der Waals surface area contributed by atoms with Crippen molar-refractivity contribution in [1.29, 1.82) is 0 Å². The third-order valence-corrected chi connectivity index (χ3v) is 2.55. The maximum absolute atomic E-state index is 4.33. The molecule has 0 spiro atoms. The first-order valence-corrected chi connectivity index (χ1v) is 5.68. The summed E-state index contributed by atoms with van der Waals surface area (Å²) < 4.78 is 0.922. The zero-order chi connectivity index (χ0) is 10.6. The highest BCUT2D eigenvalue weighted by atomic mass is 79.9. The fourth-order valence-corrected chi connectivity index (χ4v) is 1.60. The third kappa shape index (κ3) is 3.25. The van der Waals surface area contributed by atoms with E-state index in [-0.39, 0.29) is 0 Å². The summed E-state index contributed by atoms with van der Waals surface area (Å²) in [6.45, 7) is 6.23. The van der Waals surface area contributed by atoms with Gasteiger partial charge < -0.3 is 5.32 Å². The molecule has 0 saturated heterocycles. The Labute approximate surface area is 93.5 Å². The molecular weight excluding hydrogens is 242 g/mol. The molecule has 0 amide bonds. The monoisotopic (exact) mass is 257 g/mol. The van der Waals surface area contributed by atoms with E-state index >= 15 is 0 Å². The van der Waals surface area contributed by atoms with Crippen molar-refractivity contribution < 1.29 is 0 Å². The topological polar surface area (TPSA) is 37.8 Å². The van der Waals surface area contributed by atoms with E-state index in [9.17, 15) is 0 Å². The highest BCUT2D eigenvalue weighted by molar-refractivity contribution is 9.10. The van der Waals surface area contributed by atoms with Crippen LogP contribution in [-0.4, -0.2) is 16.0 Å². The van der Waals surface area contributed by atoms with E-state index in [0.29, 0.717) is 6.04 Å². The van der Waals surface area contributed by atoms with Crippen molar-refractivity contribution in [3.8, 4) is 0 Å². The van der Waals surface area contributed by atoms with Crippen LogP contribution in [-0.2, 0) is 0 Å². The highest BCUT2D eigenvalue weighted by Crippen LogP contribution is 2.19. The summed E-state index contributed by atoms with van der Waals surface area (Å²) in [5.74, 6) is 1.68. The van der Waals surface area contributed by atoms with Gasteiger partial charge in [0.2, 0.25) is 0 Å². The number of hydrogen-bond donors (Lipinski definition) is 1. The Balaban J connectivity index is 2.70. The quantitative estimate of drug-likeness (QED) is 0.901. The molecule has 3 nitrogen and oxygen atoms in total. The van der Waals surface area contributed by atoms with Gasteiger partial charge >= 0.3 is 0 Å². The Morgan fingerprint density at radius 2 is 2.29 bits per heavy atom. The fourth-order valence-electron chi connectivity index (χ4n) is 1.30. The average Bonchev–Trinajstić information content (AvgIpc) is 2.12. The standard InChI is InChI=1S/C10H16BrN3/c1-4-5-7(2)13-10-9(11)6-12-8(3)14-10/h6-7H,4-5H2,1-3H3,(H,12,13,14). The molecule has 0 saturated carbocycles. The predicted molar refractivity (Wildman–Crippen MR) is 62.5 cm³/mol. The first kappa shape index (κ1) is 11.4. The molecule has 1 heterocycles. The molecular formula is C10H16BrN3. The van der Waals surface area contributed by atoms with Gasteiger partial charge in [-0.3, -0.25) is 0 Å². The molecule has 0 aliphatic rings. The molecule has 1 N–H and O–H groups in total. The lowest BCUT2D eigenvalue weighted by atomic mass is 10.2. The van der Waals surface area contributed by atoms with Crippen molar-refractivity contribution in [2.75, 3.05) is 5.32 Å². The summed E-state index contributed by atoms with van der Waals surface area (Å²) in [5, 5.41) is 3.35. The van der Waals surface area contributed by atoms with Crippen LogP contribution in [0.5, 0.6) is 0 Å². The Morgan fingerprint density at radius 1 is 1.57 bits per heavy atom. The molecule has 14 heavy (non-hydrogen) atoms. The molecule has 4 heteroatoms. The predicted octanol–water partition coefficient (Wildman–Crippen LogP) is 3.15. The number of rotatable bonds is 4. The Kier molecular flexibility index (Phi) is 4.32. The molecule has 1 rings (SSSR count). The second kappa shape index (κ2) is 5.29. The first-order chi connectivity index (χ1) is 6.63. The van der Waals surface area contributed by atoms with Crippen LogP contribution in [0.15, 0.2) is 10.7 Å². The minimum Gasteiger partial charge on any atom is -0.367 e. The van der Waals surface area contributed by atoms with Crippen molar-refractivity contribution in [1.82, 2.24) is 9.97 Å². The van der Waals surface area contributed by atoms with Gasteiger partial charge in [-0.25, -0.2) is 9.97 Å². The first-order valence-electron chi connectivity index (χ1n) is 4.89. The number of nitrogens with zero attached hydrogens (tertiary/aromatic N) is 2. The van der Waals surface area contributed by atoms with Gasteiger partial charge in [-0.15, -0.1) is 0 Å². The van der Waals surface area contributed by atoms with Crippen LogP contribution in [0.25, 0.3) is 0 Å². The van der Waals surface area contributed by atoms with Crippen LogP contribution in [0.3, 0.4) is 0 Å². The Hall–Kier alpha value is -0.640. The van der Waals surface area contributed by atoms with Crippen LogP contribution in [0.2, 0.25) is 0 Å². The van der Waals surface area contributed by atoms with Gasteiger partial charge in [0.05, 0.1) is 4.47 Å². The molecule has 1 atom stereocenters. The van der Waals surface area contributed by atoms with E-state index in [4.69, 9.17) is 0 Å². The van der Waals surface area contributed by atoms with E-state index in [0.717, 1.165) is 22.5 Å². The maximum atomic E-state index is 4.33. The zero-order valence-electron chi connectivity index (χ0n) is 8.84. The van der Waals surface area contributed by atoms with Gasteiger partial charge in [0.25, 0.3) is 0 Å². The Bertz CT molecular complexity index is 301. The molecule has 1 unspecified atom stereocenters. The summed E-state index contributed by atoms with van der Waals surface area (Å²) in [7, 11) is 0. The van der Waals surface area contributed by atoms with E-state index in [2.05, 4.69) is 45.1 Å². The summed E-state index contributed by atoms with van der Waals surface area (Å²) in [5.41, 5.74) is 0. The molecule has 0 aromatic carbocycles. The summed E-state index contributed by atoms with van der Waals surface area (Å²) >= 11 is 3.42. The van der Waals surface area contributed by atoms with Crippen LogP contribution in [0.4, 0.5) is 5.82 Å². The number of aryl methyl sites for hydroxylation is 1. The molecule has 1 aromatic heterocycles. The number of nitrogens with one attached hydrogen (secondary N) is 1. The molecule has 0 aliphatic heterocycles. The normalized spacial score (nSPS) is 12.6. The SMILES string of the molecule is CCCC(C)Nc1nc(C)ncc1Br. The minimum absolute atomic E-state index is 0.450. The molecule has 0 radical (unpaired) electrons. The van der Waals surface area contributed by atoms with Crippen molar-refractivity contribution in [2.45, 2.75) is 39.7 Å². The van der Waals surface area contributed by atoms with E-state index < -0.39 is 0 Å². The number of aromatic nitrogens is 2. The third-order valence-electron chi connectivity index (χ3n) is 1.97. The van der Waals surface area contributed by atoms with Crippen LogP contribution in [0.1, 0.15) is 32.5 Å². The van der Waals surface area contributed by atoms with Gasteiger partial charge in [-0.2, -0.15) is 0 Å². The van der Waals surface area contributed by atoms with E-state index in [1.807, 2.05) is 6.92 Å². The van der Waals surface area contributed by atoms with Gasteiger partial charge in [-0.05, 0) is 36.2 Å². The maximum Gasteiger partial charge on any atom is 0.144 e. The molecule has 0 aliphatic carbocycles. The van der Waals surface area contributed by atoms with Crippen LogP contribution < -0.4 is 5.32 Å². The smallest absolute Gasteiger partial charge is 0.144 e. The summed E-state index contributed by atoms with van der Waals surface area (Å²) in [6, 6.07) is 0.450. The minimum atomic E-state index is 0.450. The van der Waals surface area contributed by atoms with E-state index in [1.165, 1.54) is 6.42 Å². The second-order valence-corrected chi connectivity index (χ2v) is 4.30. The highest BCUT2D eigenvalue weighted by Gasteiger charge is 2.06. The fraction of sp³-hybridized carbons (Fsp3) is 0.600. The van der Waals surface area contributed by atoms with Crippen molar-refractivity contribution in [3.05, 3.63) is 16.5 Å². The summed E-state index contributed by atoms with van der Waals surface area (Å²) in [6.07, 6.45) is 4.11. The molecule has 1 aromatic rings. The number of anilines is 1. The second-order valence-electron chi connectivity index (χ2n) is 3.45. The van der Waals surface area contributed by atoms with Gasteiger partial charge in [0.1, 0.15) is 11.6 Å². The lowest BCUT2D eigenvalue weighted by Crippen LogP contribution is -2.16.